The maximum atomic E-state index is 3.25. The van der Waals surface area contributed by atoms with E-state index in [1.807, 2.05) is 0 Å². The van der Waals surface area contributed by atoms with Crippen molar-refractivity contribution in [2.45, 2.75) is 40.0 Å². The van der Waals surface area contributed by atoms with E-state index in [-0.39, 0.29) is 5.41 Å². The molecule has 70 valence electrons. The molecule has 1 atom stereocenters. The molecule has 0 aromatic heterocycles. The fraction of sp³-hybridized carbons (Fsp3) is 0.538. The molecule has 0 N–H and O–H groups in total. The summed E-state index contributed by atoms with van der Waals surface area (Å²) < 4.78 is 0. The molecule has 0 aromatic rings. The van der Waals surface area contributed by atoms with Gasteiger partial charge in [0.1, 0.15) is 0 Å². The molecule has 0 fully saturated rings. The Bertz CT molecular complexity index is 283. The van der Waals surface area contributed by atoms with Crippen LogP contribution in [-0.2, 0) is 0 Å². The second-order valence-electron chi connectivity index (χ2n) is 3.75. The lowest BCUT2D eigenvalue weighted by molar-refractivity contribution is 0.478. The van der Waals surface area contributed by atoms with Crippen molar-refractivity contribution in [1.29, 1.82) is 0 Å². The van der Waals surface area contributed by atoms with Crippen LogP contribution in [0.15, 0.2) is 23.8 Å². The minimum Gasteiger partial charge on any atom is -0.0862 e. The van der Waals surface area contributed by atoms with Gasteiger partial charge < -0.3 is 0 Å². The van der Waals surface area contributed by atoms with Crippen LogP contribution in [0.4, 0.5) is 0 Å². The highest BCUT2D eigenvalue weighted by atomic mass is 14.3. The summed E-state index contributed by atoms with van der Waals surface area (Å²) >= 11 is 0. The zero-order chi connectivity index (χ0) is 9.73. The number of hydrogen-bond acceptors (Lipinski definition) is 0. The molecule has 1 aliphatic carbocycles. The van der Waals surface area contributed by atoms with Gasteiger partial charge in [-0.05, 0) is 25.8 Å². The third kappa shape index (κ3) is 2.25. The first-order valence-electron chi connectivity index (χ1n) is 5.13. The molecule has 1 aliphatic rings. The Kier molecular flexibility index (Phi) is 3.37. The maximum absolute atomic E-state index is 3.25. The highest BCUT2D eigenvalue weighted by Crippen LogP contribution is 2.36. The Morgan fingerprint density at radius 1 is 1.38 bits per heavy atom. The lowest BCUT2D eigenvalue weighted by Crippen LogP contribution is -2.22. The van der Waals surface area contributed by atoms with Crippen molar-refractivity contribution in [1.82, 2.24) is 0 Å². The van der Waals surface area contributed by atoms with Crippen LogP contribution in [0.3, 0.4) is 0 Å². The van der Waals surface area contributed by atoms with E-state index in [0.717, 1.165) is 6.42 Å². The van der Waals surface area contributed by atoms with Gasteiger partial charge in [0.25, 0.3) is 0 Å². The van der Waals surface area contributed by atoms with E-state index in [2.05, 4.69) is 50.8 Å². The molecular weight excluding hydrogens is 156 g/mol. The normalized spacial score (nSPS) is 28.7. The van der Waals surface area contributed by atoms with Crippen LogP contribution < -0.4 is 0 Å². The Hall–Kier alpha value is -0.960. The molecule has 0 saturated carbocycles. The van der Waals surface area contributed by atoms with Gasteiger partial charge in [0, 0.05) is 5.57 Å². The average molecular weight is 174 g/mol. The minimum absolute atomic E-state index is 0.187. The van der Waals surface area contributed by atoms with Crippen LogP contribution in [0, 0.1) is 17.3 Å². The van der Waals surface area contributed by atoms with E-state index < -0.39 is 0 Å². The van der Waals surface area contributed by atoms with E-state index in [1.54, 1.807) is 0 Å². The first kappa shape index (κ1) is 10.1. The molecule has 1 unspecified atom stereocenters. The average Bonchev–Trinajstić information content (AvgIpc) is 2.11. The molecule has 0 radical (unpaired) electrons. The fourth-order valence-electron chi connectivity index (χ4n) is 1.57. The first-order chi connectivity index (χ1) is 6.23. The summed E-state index contributed by atoms with van der Waals surface area (Å²) in [5.41, 5.74) is 1.49. The van der Waals surface area contributed by atoms with Gasteiger partial charge >= 0.3 is 0 Å². The topological polar surface area (TPSA) is 0 Å². The molecule has 0 heteroatoms. The Morgan fingerprint density at radius 3 is 2.62 bits per heavy atom. The standard InChI is InChI=1S/C13H18/c1-4-6-7-8-12-9-11-13(12,3)10-5-2/h6-8H,4-5,10H2,1-3H3/b7-6+,12-8-. The summed E-state index contributed by atoms with van der Waals surface area (Å²) in [6.45, 7) is 6.59. The largest absolute Gasteiger partial charge is 0.0862 e. The van der Waals surface area contributed by atoms with Crippen LogP contribution in [0.25, 0.3) is 0 Å². The monoisotopic (exact) mass is 174 g/mol. The zero-order valence-corrected chi connectivity index (χ0v) is 8.85. The highest BCUT2D eigenvalue weighted by Gasteiger charge is 2.29. The molecule has 0 amide bonds. The van der Waals surface area contributed by atoms with Gasteiger partial charge in [-0.15, -0.1) is 0 Å². The quantitative estimate of drug-likeness (QED) is 0.570. The maximum Gasteiger partial charge on any atom is 0.0617 e. The summed E-state index contributed by atoms with van der Waals surface area (Å²) in [4.78, 5) is 0. The molecule has 0 saturated heterocycles. The molecule has 0 nitrogen and oxygen atoms in total. The molecular formula is C13H18. The van der Waals surface area contributed by atoms with E-state index in [9.17, 15) is 0 Å². The Balaban J connectivity index is 2.62. The van der Waals surface area contributed by atoms with Crippen molar-refractivity contribution >= 4 is 0 Å². The number of rotatable bonds is 4. The van der Waals surface area contributed by atoms with E-state index in [0.29, 0.717) is 0 Å². The van der Waals surface area contributed by atoms with Crippen LogP contribution >= 0.6 is 0 Å². The van der Waals surface area contributed by atoms with Crippen LogP contribution in [0.5, 0.6) is 0 Å². The summed E-state index contributed by atoms with van der Waals surface area (Å²) in [5, 5.41) is 0. The van der Waals surface area contributed by atoms with Crippen molar-refractivity contribution in [3.8, 4) is 11.8 Å². The third-order valence-electron chi connectivity index (χ3n) is 2.45. The van der Waals surface area contributed by atoms with Crippen molar-refractivity contribution in [3.63, 3.8) is 0 Å². The zero-order valence-electron chi connectivity index (χ0n) is 8.85. The van der Waals surface area contributed by atoms with Crippen molar-refractivity contribution in [2.24, 2.45) is 5.41 Å². The molecule has 0 bridgehead atoms. The predicted molar refractivity (Wildman–Crippen MR) is 58.3 cm³/mol. The van der Waals surface area contributed by atoms with Gasteiger partial charge in [0.15, 0.2) is 0 Å². The molecule has 13 heavy (non-hydrogen) atoms. The lowest BCUT2D eigenvalue weighted by atomic mass is 9.73. The second-order valence-corrected chi connectivity index (χ2v) is 3.75. The molecule has 0 aromatic carbocycles. The summed E-state index contributed by atoms with van der Waals surface area (Å²) in [6, 6.07) is 0. The Morgan fingerprint density at radius 2 is 2.15 bits per heavy atom. The highest BCUT2D eigenvalue weighted by molar-refractivity contribution is 5.52. The number of allylic oxidation sites excluding steroid dienone is 4. The van der Waals surface area contributed by atoms with E-state index in [1.165, 1.54) is 18.4 Å². The van der Waals surface area contributed by atoms with Crippen molar-refractivity contribution < 1.29 is 0 Å². The van der Waals surface area contributed by atoms with Crippen molar-refractivity contribution in [3.05, 3.63) is 23.8 Å². The second kappa shape index (κ2) is 4.33. The smallest absolute Gasteiger partial charge is 0.0617 e. The van der Waals surface area contributed by atoms with Crippen LogP contribution in [-0.4, -0.2) is 0 Å². The van der Waals surface area contributed by atoms with Gasteiger partial charge in [-0.2, -0.15) is 0 Å². The molecule has 0 aliphatic heterocycles. The predicted octanol–water partition coefficient (Wildman–Crippen LogP) is 3.70. The minimum atomic E-state index is 0.187. The molecule has 1 rings (SSSR count). The van der Waals surface area contributed by atoms with Gasteiger partial charge in [-0.25, -0.2) is 0 Å². The SMILES string of the molecule is CC/C=C/C=C1/C#CC1(C)CCC. The van der Waals surface area contributed by atoms with Gasteiger partial charge in [0.2, 0.25) is 0 Å². The van der Waals surface area contributed by atoms with E-state index >= 15 is 0 Å². The summed E-state index contributed by atoms with van der Waals surface area (Å²) in [6.07, 6.45) is 9.94. The third-order valence-corrected chi connectivity index (χ3v) is 2.45. The number of hydrogen-bond donors (Lipinski definition) is 0. The fourth-order valence-corrected chi connectivity index (χ4v) is 1.57. The van der Waals surface area contributed by atoms with Crippen LogP contribution in [0.1, 0.15) is 40.0 Å². The lowest BCUT2D eigenvalue weighted by Gasteiger charge is -2.29. The first-order valence-corrected chi connectivity index (χ1v) is 5.13. The molecule has 0 heterocycles. The van der Waals surface area contributed by atoms with Gasteiger partial charge in [0.05, 0.1) is 5.41 Å². The van der Waals surface area contributed by atoms with E-state index in [4.69, 9.17) is 0 Å². The van der Waals surface area contributed by atoms with Crippen LogP contribution in [0.2, 0.25) is 0 Å². The Labute approximate surface area is 81.7 Å². The summed E-state index contributed by atoms with van der Waals surface area (Å²) in [5.74, 6) is 6.39. The van der Waals surface area contributed by atoms with Gasteiger partial charge in [-0.3, -0.25) is 0 Å². The molecule has 0 spiro atoms. The summed E-state index contributed by atoms with van der Waals surface area (Å²) in [7, 11) is 0. The van der Waals surface area contributed by atoms with Gasteiger partial charge in [-0.1, -0.05) is 44.3 Å². The van der Waals surface area contributed by atoms with Crippen molar-refractivity contribution in [2.75, 3.05) is 0 Å².